The molecule has 0 bridgehead atoms. The number of piperidine rings is 1. The topological polar surface area (TPSA) is 67.9 Å². The molecule has 0 spiro atoms. The summed E-state index contributed by atoms with van der Waals surface area (Å²) in [6.07, 6.45) is 1.30. The Kier molecular flexibility index (Phi) is 6.75. The van der Waals surface area contributed by atoms with E-state index in [2.05, 4.69) is 11.4 Å². The van der Waals surface area contributed by atoms with Gasteiger partial charge in [0, 0.05) is 24.7 Å². The molecule has 1 fully saturated rings. The lowest BCUT2D eigenvalue weighted by molar-refractivity contribution is -0.136. The van der Waals surface area contributed by atoms with Gasteiger partial charge in [0.05, 0.1) is 7.11 Å². The molecule has 0 saturated carbocycles. The first-order valence-electron chi connectivity index (χ1n) is 9.89. The molecule has 1 heterocycles. The fourth-order valence-corrected chi connectivity index (χ4v) is 3.65. The van der Waals surface area contributed by atoms with Crippen LogP contribution in [0.25, 0.3) is 0 Å². The normalized spacial score (nSPS) is 14.4. The molecule has 0 aromatic heterocycles. The van der Waals surface area contributed by atoms with E-state index in [0.29, 0.717) is 37.4 Å². The van der Waals surface area contributed by atoms with Crippen molar-refractivity contribution in [3.05, 3.63) is 53.6 Å². The number of carbonyl (C=O) groups is 2. The molecule has 1 aliphatic rings. The van der Waals surface area contributed by atoms with Crippen LogP contribution in [0.15, 0.2) is 42.5 Å². The van der Waals surface area contributed by atoms with E-state index in [0.717, 1.165) is 16.8 Å². The molecule has 1 N–H and O–H groups in total. The highest BCUT2D eigenvalue weighted by molar-refractivity contribution is 5.93. The number of nitrogens with one attached hydrogen (secondary N) is 1. The van der Waals surface area contributed by atoms with E-state index in [1.807, 2.05) is 38.1 Å². The van der Waals surface area contributed by atoms with E-state index >= 15 is 0 Å². The molecule has 1 aliphatic heterocycles. The second kappa shape index (κ2) is 9.45. The minimum absolute atomic E-state index is 0.0207. The smallest absolute Gasteiger partial charge is 0.260 e. The number of likely N-dealkylation sites (tertiary alicyclic amines) is 1. The maximum Gasteiger partial charge on any atom is 0.260 e. The average Bonchev–Trinajstić information content (AvgIpc) is 2.71. The molecule has 3 rings (SSSR count). The van der Waals surface area contributed by atoms with Crippen molar-refractivity contribution < 1.29 is 19.1 Å². The van der Waals surface area contributed by atoms with Gasteiger partial charge in [-0.15, -0.1) is 0 Å². The zero-order valence-electron chi connectivity index (χ0n) is 17.2. The fraction of sp³-hybridized carbons (Fsp3) is 0.391. The number of hydrogen-bond donors (Lipinski definition) is 1. The Morgan fingerprint density at radius 1 is 1.03 bits per heavy atom. The van der Waals surface area contributed by atoms with Crippen molar-refractivity contribution in [2.75, 3.05) is 32.1 Å². The Bertz CT molecular complexity index is 853. The molecule has 6 nitrogen and oxygen atoms in total. The minimum Gasteiger partial charge on any atom is -0.493 e. The Labute approximate surface area is 171 Å². The standard InChI is InChI=1S/C23H28N2O4/c1-16-12-17(2)14-19(13-16)24-23(27)18-8-10-25(11-9-18)22(26)15-29-21-7-5-4-6-20(21)28-3/h4-7,12-14,18H,8-11,15H2,1-3H3,(H,24,27). The van der Waals surface area contributed by atoms with Crippen molar-refractivity contribution in [2.24, 2.45) is 5.92 Å². The number of aryl methyl sites for hydroxylation is 2. The third kappa shape index (κ3) is 5.50. The van der Waals surface area contributed by atoms with Crippen molar-refractivity contribution in [1.82, 2.24) is 4.90 Å². The summed E-state index contributed by atoms with van der Waals surface area (Å²) in [7, 11) is 1.57. The Morgan fingerprint density at radius 2 is 1.66 bits per heavy atom. The third-order valence-corrected chi connectivity index (χ3v) is 5.13. The molecular formula is C23H28N2O4. The fourth-order valence-electron chi connectivity index (χ4n) is 3.65. The van der Waals surface area contributed by atoms with E-state index < -0.39 is 0 Å². The second-order valence-corrected chi connectivity index (χ2v) is 7.46. The summed E-state index contributed by atoms with van der Waals surface area (Å²) in [5.41, 5.74) is 3.07. The molecule has 0 atom stereocenters. The molecule has 0 radical (unpaired) electrons. The van der Waals surface area contributed by atoms with Crippen LogP contribution in [0, 0.1) is 19.8 Å². The van der Waals surface area contributed by atoms with E-state index in [9.17, 15) is 9.59 Å². The van der Waals surface area contributed by atoms with Crippen LogP contribution < -0.4 is 14.8 Å². The number of carbonyl (C=O) groups excluding carboxylic acids is 2. The lowest BCUT2D eigenvalue weighted by Gasteiger charge is -2.31. The van der Waals surface area contributed by atoms with Crippen LogP contribution in [0.3, 0.4) is 0 Å². The van der Waals surface area contributed by atoms with Crippen LogP contribution in [0.4, 0.5) is 5.69 Å². The van der Waals surface area contributed by atoms with Gasteiger partial charge in [0.15, 0.2) is 18.1 Å². The highest BCUT2D eigenvalue weighted by atomic mass is 16.5. The summed E-state index contributed by atoms with van der Waals surface area (Å²) in [5, 5.41) is 3.02. The maximum absolute atomic E-state index is 12.6. The predicted molar refractivity (Wildman–Crippen MR) is 112 cm³/mol. The average molecular weight is 396 g/mol. The minimum atomic E-state index is -0.0880. The van der Waals surface area contributed by atoms with E-state index in [4.69, 9.17) is 9.47 Å². The first-order chi connectivity index (χ1) is 14.0. The van der Waals surface area contributed by atoms with Gasteiger partial charge < -0.3 is 19.7 Å². The van der Waals surface area contributed by atoms with Crippen LogP contribution in [0.1, 0.15) is 24.0 Å². The quantitative estimate of drug-likeness (QED) is 0.811. The highest BCUT2D eigenvalue weighted by Crippen LogP contribution is 2.26. The number of benzene rings is 2. The van der Waals surface area contributed by atoms with Gasteiger partial charge >= 0.3 is 0 Å². The summed E-state index contributed by atoms with van der Waals surface area (Å²) in [6.45, 7) is 5.09. The zero-order chi connectivity index (χ0) is 20.8. The van der Waals surface area contributed by atoms with Crippen LogP contribution in [0.5, 0.6) is 11.5 Å². The van der Waals surface area contributed by atoms with E-state index in [-0.39, 0.29) is 24.3 Å². The molecule has 2 aromatic carbocycles. The number of ether oxygens (including phenoxy) is 2. The van der Waals surface area contributed by atoms with Gasteiger partial charge in [-0.1, -0.05) is 18.2 Å². The van der Waals surface area contributed by atoms with Crippen molar-refractivity contribution in [1.29, 1.82) is 0 Å². The van der Waals surface area contributed by atoms with Gasteiger partial charge in [0.2, 0.25) is 5.91 Å². The summed E-state index contributed by atoms with van der Waals surface area (Å²) in [5.74, 6) is 1.000. The van der Waals surface area contributed by atoms with Crippen molar-refractivity contribution in [3.63, 3.8) is 0 Å². The van der Waals surface area contributed by atoms with Crippen LogP contribution in [0.2, 0.25) is 0 Å². The zero-order valence-corrected chi connectivity index (χ0v) is 17.2. The first kappa shape index (κ1) is 20.7. The molecule has 2 amide bonds. The van der Waals surface area contributed by atoms with E-state index in [1.54, 1.807) is 24.1 Å². The summed E-state index contributed by atoms with van der Waals surface area (Å²) >= 11 is 0. The Balaban J connectivity index is 1.48. The number of nitrogens with zero attached hydrogens (tertiary/aromatic N) is 1. The SMILES string of the molecule is COc1ccccc1OCC(=O)N1CCC(C(=O)Nc2cc(C)cc(C)c2)CC1. The van der Waals surface area contributed by atoms with E-state index in [1.165, 1.54) is 0 Å². The first-order valence-corrected chi connectivity index (χ1v) is 9.89. The monoisotopic (exact) mass is 396 g/mol. The Morgan fingerprint density at radius 3 is 2.28 bits per heavy atom. The van der Waals surface area contributed by atoms with Crippen molar-refractivity contribution >= 4 is 17.5 Å². The molecule has 2 aromatic rings. The molecule has 154 valence electrons. The van der Waals surface area contributed by atoms with Gasteiger partial charge in [0.25, 0.3) is 5.91 Å². The summed E-state index contributed by atoms with van der Waals surface area (Å²) in [4.78, 5) is 26.8. The summed E-state index contributed by atoms with van der Waals surface area (Å²) in [6, 6.07) is 13.3. The molecule has 1 saturated heterocycles. The number of amides is 2. The number of anilines is 1. The van der Waals surface area contributed by atoms with Crippen molar-refractivity contribution in [2.45, 2.75) is 26.7 Å². The van der Waals surface area contributed by atoms with Gasteiger partial charge in [-0.3, -0.25) is 9.59 Å². The maximum atomic E-state index is 12.6. The van der Waals surface area contributed by atoms with Gasteiger partial charge in [-0.05, 0) is 62.1 Å². The Hall–Kier alpha value is -3.02. The molecule has 29 heavy (non-hydrogen) atoms. The van der Waals surface area contributed by atoms with Gasteiger partial charge in [-0.2, -0.15) is 0 Å². The summed E-state index contributed by atoms with van der Waals surface area (Å²) < 4.78 is 10.9. The molecule has 6 heteroatoms. The molecule has 0 unspecified atom stereocenters. The lowest BCUT2D eigenvalue weighted by atomic mass is 9.95. The number of para-hydroxylation sites is 2. The third-order valence-electron chi connectivity index (χ3n) is 5.13. The largest absolute Gasteiger partial charge is 0.493 e. The predicted octanol–water partition coefficient (Wildman–Crippen LogP) is 3.57. The number of hydrogen-bond acceptors (Lipinski definition) is 4. The second-order valence-electron chi connectivity index (χ2n) is 7.46. The van der Waals surface area contributed by atoms with Gasteiger partial charge in [-0.25, -0.2) is 0 Å². The number of methoxy groups -OCH3 is 1. The number of rotatable bonds is 6. The van der Waals surface area contributed by atoms with Gasteiger partial charge in [0.1, 0.15) is 0 Å². The lowest BCUT2D eigenvalue weighted by Crippen LogP contribution is -2.43. The van der Waals surface area contributed by atoms with Crippen LogP contribution in [-0.4, -0.2) is 43.5 Å². The van der Waals surface area contributed by atoms with Crippen molar-refractivity contribution in [3.8, 4) is 11.5 Å². The van der Waals surface area contributed by atoms with Crippen LogP contribution in [-0.2, 0) is 9.59 Å². The van der Waals surface area contributed by atoms with Crippen LogP contribution >= 0.6 is 0 Å². The molecule has 0 aliphatic carbocycles. The molecular weight excluding hydrogens is 368 g/mol. The highest BCUT2D eigenvalue weighted by Gasteiger charge is 2.27.